The molecule has 1 aliphatic heterocycles. The quantitative estimate of drug-likeness (QED) is 0.500. The fourth-order valence-corrected chi connectivity index (χ4v) is 1.83. The lowest BCUT2D eigenvalue weighted by Gasteiger charge is -2.10. The highest BCUT2D eigenvalue weighted by Gasteiger charge is 2.23. The molecule has 0 saturated heterocycles. The van der Waals surface area contributed by atoms with Crippen molar-refractivity contribution in [2.45, 2.75) is 5.38 Å². The summed E-state index contributed by atoms with van der Waals surface area (Å²) in [4.78, 5) is 11.3. The van der Waals surface area contributed by atoms with E-state index >= 15 is 0 Å². The van der Waals surface area contributed by atoms with E-state index in [0.29, 0.717) is 5.56 Å². The number of rotatable bonds is 3. The lowest BCUT2D eigenvalue weighted by molar-refractivity contribution is -0.119. The molecule has 1 unspecified atom stereocenters. The van der Waals surface area contributed by atoms with Gasteiger partial charge >= 0.3 is 0 Å². The maximum Gasteiger partial charge on any atom is 0.264 e. The highest BCUT2D eigenvalue weighted by Crippen LogP contribution is 2.31. The summed E-state index contributed by atoms with van der Waals surface area (Å²) in [6.07, 6.45) is 2.65. The number of amides is 1. The molecule has 1 aromatic carbocycles. The first-order valence-electron chi connectivity index (χ1n) is 5.67. The molecule has 0 saturated carbocycles. The second-order valence-electron chi connectivity index (χ2n) is 3.91. The number of benzene rings is 1. The first kappa shape index (κ1) is 15.3. The van der Waals surface area contributed by atoms with E-state index in [-0.39, 0.29) is 22.2 Å². The minimum atomic E-state index is -0.954. The second kappa shape index (κ2) is 6.55. The first-order valence-corrected chi connectivity index (χ1v) is 6.48. The van der Waals surface area contributed by atoms with Crippen LogP contribution in [0.2, 0.25) is 5.02 Å². The number of carbonyl (C=O) groups is 1. The SMILES string of the molecule is COc1cc(/C=N/N=C2/C=NNC(=O)C2Cl)c(Cl)cc1O. The summed E-state index contributed by atoms with van der Waals surface area (Å²) in [5.41, 5.74) is 2.89. The number of carbonyl (C=O) groups excluding carboxylic acids is 1. The molecule has 21 heavy (non-hydrogen) atoms. The monoisotopic (exact) mass is 328 g/mol. The normalized spacial score (nSPS) is 20.0. The Bertz CT molecular complexity index is 658. The topological polar surface area (TPSA) is 95.6 Å². The van der Waals surface area contributed by atoms with Crippen molar-refractivity contribution in [2.75, 3.05) is 7.11 Å². The fraction of sp³-hybridized carbons (Fsp3) is 0.167. The van der Waals surface area contributed by atoms with Gasteiger partial charge in [-0.15, -0.1) is 11.6 Å². The molecular formula is C12H10Cl2N4O3. The van der Waals surface area contributed by atoms with Crippen LogP contribution >= 0.6 is 23.2 Å². The van der Waals surface area contributed by atoms with Gasteiger partial charge in [-0.2, -0.15) is 15.3 Å². The molecule has 0 bridgehead atoms. The molecule has 0 spiro atoms. The molecule has 7 nitrogen and oxygen atoms in total. The Morgan fingerprint density at radius 1 is 1.52 bits per heavy atom. The van der Waals surface area contributed by atoms with Gasteiger partial charge in [0.05, 0.1) is 24.6 Å². The lowest BCUT2D eigenvalue weighted by atomic mass is 10.2. The molecule has 1 atom stereocenters. The third kappa shape index (κ3) is 3.50. The third-order valence-electron chi connectivity index (χ3n) is 2.53. The van der Waals surface area contributed by atoms with E-state index in [1.807, 2.05) is 0 Å². The molecular weight excluding hydrogens is 319 g/mol. The molecule has 1 aliphatic rings. The molecule has 0 aromatic heterocycles. The van der Waals surface area contributed by atoms with Crippen LogP contribution in [-0.4, -0.2) is 41.6 Å². The van der Waals surface area contributed by atoms with Gasteiger partial charge in [-0.25, -0.2) is 5.43 Å². The summed E-state index contributed by atoms with van der Waals surface area (Å²) in [5.74, 6) is -0.303. The van der Waals surface area contributed by atoms with E-state index in [4.69, 9.17) is 27.9 Å². The Morgan fingerprint density at radius 3 is 3.00 bits per heavy atom. The van der Waals surface area contributed by atoms with Crippen LogP contribution in [0.25, 0.3) is 0 Å². The smallest absolute Gasteiger partial charge is 0.264 e. The summed E-state index contributed by atoms with van der Waals surface area (Å²) >= 11 is 11.8. The van der Waals surface area contributed by atoms with Crippen LogP contribution in [0.3, 0.4) is 0 Å². The second-order valence-corrected chi connectivity index (χ2v) is 4.76. The highest BCUT2D eigenvalue weighted by molar-refractivity contribution is 6.54. The summed E-state index contributed by atoms with van der Waals surface area (Å²) in [5, 5.41) is 20.1. The number of aromatic hydroxyl groups is 1. The van der Waals surface area contributed by atoms with Gasteiger partial charge < -0.3 is 9.84 Å². The van der Waals surface area contributed by atoms with Crippen LogP contribution in [0.4, 0.5) is 0 Å². The van der Waals surface area contributed by atoms with E-state index in [1.165, 1.54) is 31.7 Å². The van der Waals surface area contributed by atoms with Gasteiger partial charge in [0.15, 0.2) is 16.9 Å². The Balaban J connectivity index is 2.24. The highest BCUT2D eigenvalue weighted by atomic mass is 35.5. The Hall–Kier alpha value is -2.12. The van der Waals surface area contributed by atoms with Crippen molar-refractivity contribution >= 4 is 47.2 Å². The molecule has 0 fully saturated rings. The predicted molar refractivity (Wildman–Crippen MR) is 81.0 cm³/mol. The number of methoxy groups -OCH3 is 1. The number of nitrogens with zero attached hydrogens (tertiary/aromatic N) is 3. The van der Waals surface area contributed by atoms with E-state index < -0.39 is 11.3 Å². The van der Waals surface area contributed by atoms with Crippen molar-refractivity contribution in [3.8, 4) is 11.5 Å². The number of nitrogens with one attached hydrogen (secondary N) is 1. The molecule has 1 aromatic rings. The van der Waals surface area contributed by atoms with Crippen LogP contribution in [0.5, 0.6) is 11.5 Å². The van der Waals surface area contributed by atoms with Crippen LogP contribution < -0.4 is 10.2 Å². The van der Waals surface area contributed by atoms with Gasteiger partial charge in [0.1, 0.15) is 5.71 Å². The van der Waals surface area contributed by atoms with Crippen molar-refractivity contribution in [1.82, 2.24) is 5.43 Å². The average molecular weight is 329 g/mol. The van der Waals surface area contributed by atoms with Crippen molar-refractivity contribution in [1.29, 1.82) is 0 Å². The van der Waals surface area contributed by atoms with Gasteiger partial charge in [-0.1, -0.05) is 11.6 Å². The summed E-state index contributed by atoms with van der Waals surface area (Å²) < 4.78 is 4.97. The van der Waals surface area contributed by atoms with Gasteiger partial charge in [0, 0.05) is 11.6 Å². The number of hydrogen-bond donors (Lipinski definition) is 2. The van der Waals surface area contributed by atoms with Crippen molar-refractivity contribution in [2.24, 2.45) is 15.3 Å². The minimum absolute atomic E-state index is 0.0807. The summed E-state index contributed by atoms with van der Waals surface area (Å²) in [7, 11) is 1.42. The first-order chi connectivity index (χ1) is 10.0. The van der Waals surface area contributed by atoms with Crippen LogP contribution in [0, 0.1) is 0 Å². The largest absolute Gasteiger partial charge is 0.504 e. The third-order valence-corrected chi connectivity index (χ3v) is 3.28. The average Bonchev–Trinajstić information content (AvgIpc) is 2.45. The van der Waals surface area contributed by atoms with E-state index in [0.717, 1.165) is 0 Å². The Labute approximate surface area is 129 Å². The van der Waals surface area contributed by atoms with Gasteiger partial charge in [0.25, 0.3) is 5.91 Å². The maximum atomic E-state index is 11.3. The number of ether oxygens (including phenoxy) is 1. The van der Waals surface area contributed by atoms with Crippen LogP contribution in [-0.2, 0) is 4.79 Å². The zero-order valence-corrected chi connectivity index (χ0v) is 12.3. The maximum absolute atomic E-state index is 11.3. The number of hydrazone groups is 1. The van der Waals surface area contributed by atoms with Crippen molar-refractivity contribution in [3.05, 3.63) is 22.7 Å². The predicted octanol–water partition coefficient (Wildman–Crippen LogP) is 1.55. The Kier molecular flexibility index (Phi) is 4.77. The number of phenols is 1. The molecule has 9 heteroatoms. The van der Waals surface area contributed by atoms with E-state index in [1.54, 1.807) is 0 Å². The molecule has 110 valence electrons. The van der Waals surface area contributed by atoms with Crippen LogP contribution in [0.1, 0.15) is 5.56 Å². The zero-order chi connectivity index (χ0) is 15.4. The van der Waals surface area contributed by atoms with E-state index in [2.05, 4.69) is 20.7 Å². The van der Waals surface area contributed by atoms with E-state index in [9.17, 15) is 9.90 Å². The summed E-state index contributed by atoms with van der Waals surface area (Å²) in [6, 6.07) is 2.83. The van der Waals surface area contributed by atoms with Crippen LogP contribution in [0.15, 0.2) is 27.4 Å². The standard InChI is InChI=1S/C12H10Cl2N4O3/c1-21-10-2-6(7(13)3-9(10)19)4-15-17-8-5-16-18-12(20)11(8)14/h2-5,11,19H,1H3,(H,18,20)/b15-4+,17-8-. The molecule has 1 amide bonds. The number of halogens is 2. The van der Waals surface area contributed by atoms with Crippen molar-refractivity contribution < 1.29 is 14.6 Å². The van der Waals surface area contributed by atoms with Gasteiger partial charge in [0.2, 0.25) is 0 Å². The zero-order valence-electron chi connectivity index (χ0n) is 10.7. The molecule has 2 N–H and O–H groups in total. The number of alkyl halides is 1. The number of hydrogen-bond acceptors (Lipinski definition) is 6. The van der Waals surface area contributed by atoms with Gasteiger partial charge in [-0.3, -0.25) is 4.79 Å². The Morgan fingerprint density at radius 2 is 2.29 bits per heavy atom. The molecule has 0 radical (unpaired) electrons. The fourth-order valence-electron chi connectivity index (χ4n) is 1.47. The molecule has 1 heterocycles. The minimum Gasteiger partial charge on any atom is -0.504 e. The lowest BCUT2D eigenvalue weighted by Crippen LogP contribution is -2.38. The van der Waals surface area contributed by atoms with Gasteiger partial charge in [-0.05, 0) is 6.07 Å². The number of phenolic OH excluding ortho intramolecular Hbond substituents is 1. The molecule has 0 aliphatic carbocycles. The van der Waals surface area contributed by atoms with Crippen molar-refractivity contribution in [3.63, 3.8) is 0 Å². The molecule has 2 rings (SSSR count). The summed E-state index contributed by atoms with van der Waals surface area (Å²) in [6.45, 7) is 0.